The number of pyridine rings is 1. The lowest BCUT2D eigenvalue weighted by atomic mass is 9.98. The van der Waals surface area contributed by atoms with Gasteiger partial charge in [-0.25, -0.2) is 4.98 Å². The predicted octanol–water partition coefficient (Wildman–Crippen LogP) is 7.44. The van der Waals surface area contributed by atoms with E-state index >= 15 is 0 Å². The van der Waals surface area contributed by atoms with Gasteiger partial charge in [0, 0.05) is 16.8 Å². The monoisotopic (exact) mass is 567 g/mol. The third-order valence-electron chi connectivity index (χ3n) is 6.79. The number of rotatable bonds is 10. The minimum Gasteiger partial charge on any atom is -0.493 e. The molecule has 4 aromatic rings. The van der Waals surface area contributed by atoms with E-state index in [-0.39, 0.29) is 5.91 Å². The Bertz CT molecular complexity index is 1550. The van der Waals surface area contributed by atoms with Gasteiger partial charge >= 0.3 is 0 Å². The fraction of sp³-hybridized carbons (Fsp3) is 0.242. The first-order valence-corrected chi connectivity index (χ1v) is 14.1. The van der Waals surface area contributed by atoms with Gasteiger partial charge < -0.3 is 19.5 Å². The molecule has 4 rings (SSSR count). The summed E-state index contributed by atoms with van der Waals surface area (Å²) in [5, 5.41) is 13.5. The number of thioether (sulfide) groups is 1. The molecule has 0 spiro atoms. The fourth-order valence-electron chi connectivity index (χ4n) is 4.61. The average Bonchev–Trinajstić information content (AvgIpc) is 3.00. The number of benzene rings is 3. The van der Waals surface area contributed by atoms with E-state index in [2.05, 4.69) is 11.4 Å². The van der Waals surface area contributed by atoms with Crippen LogP contribution in [0.3, 0.4) is 0 Å². The lowest BCUT2D eigenvalue weighted by Gasteiger charge is -2.19. The van der Waals surface area contributed by atoms with E-state index in [0.717, 1.165) is 22.4 Å². The first kappa shape index (κ1) is 29.5. The minimum atomic E-state index is -0.479. The number of para-hydroxylation sites is 1. The minimum absolute atomic E-state index is 0.139. The van der Waals surface area contributed by atoms with Crippen LogP contribution in [-0.4, -0.2) is 37.5 Å². The van der Waals surface area contributed by atoms with Crippen molar-refractivity contribution >= 4 is 23.4 Å². The number of aryl methyl sites for hydroxylation is 2. The van der Waals surface area contributed by atoms with Gasteiger partial charge in [0.2, 0.25) is 11.7 Å². The molecule has 41 heavy (non-hydrogen) atoms. The fourth-order valence-corrected chi connectivity index (χ4v) is 5.64. The number of methoxy groups -OCH3 is 3. The highest BCUT2D eigenvalue weighted by Gasteiger charge is 2.25. The number of nitriles is 1. The van der Waals surface area contributed by atoms with Gasteiger partial charge in [-0.2, -0.15) is 5.26 Å². The van der Waals surface area contributed by atoms with Crippen molar-refractivity contribution < 1.29 is 19.0 Å². The Morgan fingerprint density at radius 1 is 0.927 bits per heavy atom. The van der Waals surface area contributed by atoms with E-state index in [1.165, 1.54) is 11.8 Å². The van der Waals surface area contributed by atoms with Crippen LogP contribution in [0.2, 0.25) is 0 Å². The first-order valence-electron chi connectivity index (χ1n) is 13.2. The summed E-state index contributed by atoms with van der Waals surface area (Å²) in [4.78, 5) is 18.4. The van der Waals surface area contributed by atoms with Gasteiger partial charge in [-0.3, -0.25) is 4.79 Å². The largest absolute Gasteiger partial charge is 0.493 e. The number of hydrogen-bond acceptors (Lipinski definition) is 7. The van der Waals surface area contributed by atoms with E-state index in [9.17, 15) is 10.1 Å². The number of nitrogens with one attached hydrogen (secondary N) is 1. The Kier molecular flexibility index (Phi) is 9.53. The van der Waals surface area contributed by atoms with E-state index < -0.39 is 5.25 Å². The standard InChI is InChI=1S/C33H33N3O4S/c1-7-29(32(37)36-30-20(2)12-11-13-21(30)3)41-33-25(19-34)24(18-26(35-33)22-14-9-8-10-15-22)23-16-27(38-4)31(40-6)28(17-23)39-5/h8-18,29H,7H2,1-6H3,(H,36,37). The molecule has 1 unspecified atom stereocenters. The van der Waals surface area contributed by atoms with Crippen molar-refractivity contribution in [3.8, 4) is 45.7 Å². The normalized spacial score (nSPS) is 11.3. The molecule has 0 saturated heterocycles. The summed E-state index contributed by atoms with van der Waals surface area (Å²) in [5.41, 5.74) is 6.07. The van der Waals surface area contributed by atoms with Crippen molar-refractivity contribution in [2.24, 2.45) is 0 Å². The second-order valence-corrected chi connectivity index (χ2v) is 10.6. The van der Waals surface area contributed by atoms with E-state index in [4.69, 9.17) is 19.2 Å². The molecular formula is C33H33N3O4S. The molecule has 0 aliphatic heterocycles. The van der Waals surface area contributed by atoms with Crippen LogP contribution >= 0.6 is 11.8 Å². The van der Waals surface area contributed by atoms with E-state index in [0.29, 0.717) is 51.1 Å². The highest BCUT2D eigenvalue weighted by molar-refractivity contribution is 8.00. The Morgan fingerprint density at radius 2 is 1.56 bits per heavy atom. The summed E-state index contributed by atoms with van der Waals surface area (Å²) in [6.45, 7) is 5.90. The summed E-state index contributed by atoms with van der Waals surface area (Å²) in [6.07, 6.45) is 0.545. The van der Waals surface area contributed by atoms with Crippen LogP contribution in [0, 0.1) is 25.2 Å². The van der Waals surface area contributed by atoms with E-state index in [1.807, 2.05) is 87.5 Å². The number of ether oxygens (including phenoxy) is 3. The number of anilines is 1. The molecule has 210 valence electrons. The Labute approximate surface area is 245 Å². The summed E-state index contributed by atoms with van der Waals surface area (Å²) in [6, 6.07) is 23.5. The maximum absolute atomic E-state index is 13.5. The Balaban J connectivity index is 1.85. The number of hydrogen-bond donors (Lipinski definition) is 1. The lowest BCUT2D eigenvalue weighted by Crippen LogP contribution is -2.25. The Morgan fingerprint density at radius 3 is 2.10 bits per heavy atom. The molecule has 1 atom stereocenters. The highest BCUT2D eigenvalue weighted by atomic mass is 32.2. The third-order valence-corrected chi connectivity index (χ3v) is 8.14. The zero-order chi connectivity index (χ0) is 29.5. The summed E-state index contributed by atoms with van der Waals surface area (Å²) < 4.78 is 16.7. The Hall–Kier alpha value is -4.48. The van der Waals surface area contributed by atoms with Crippen LogP contribution < -0.4 is 19.5 Å². The molecule has 8 heteroatoms. The molecule has 0 fully saturated rings. The summed E-state index contributed by atoms with van der Waals surface area (Å²) in [7, 11) is 4.65. The van der Waals surface area contributed by atoms with Crippen molar-refractivity contribution in [2.45, 2.75) is 37.5 Å². The molecule has 1 amide bonds. The zero-order valence-corrected chi connectivity index (χ0v) is 24.9. The second kappa shape index (κ2) is 13.2. The quantitative estimate of drug-likeness (QED) is 0.199. The van der Waals surface area contributed by atoms with Gasteiger partial charge in [0.15, 0.2) is 11.5 Å². The van der Waals surface area contributed by atoms with Gasteiger partial charge in [-0.1, -0.05) is 67.2 Å². The van der Waals surface area contributed by atoms with Crippen molar-refractivity contribution in [3.63, 3.8) is 0 Å². The third kappa shape index (κ3) is 6.31. The highest BCUT2D eigenvalue weighted by Crippen LogP contribution is 2.44. The molecule has 0 saturated carbocycles. The second-order valence-electron chi connectivity index (χ2n) is 9.40. The van der Waals surface area contributed by atoms with Crippen molar-refractivity contribution in [2.75, 3.05) is 26.6 Å². The first-order chi connectivity index (χ1) is 19.8. The zero-order valence-electron chi connectivity index (χ0n) is 24.1. The van der Waals surface area contributed by atoms with Crippen LogP contribution in [0.25, 0.3) is 22.4 Å². The van der Waals surface area contributed by atoms with Gasteiger partial charge in [0.05, 0.1) is 37.8 Å². The van der Waals surface area contributed by atoms with Gasteiger partial charge in [-0.05, 0) is 55.2 Å². The van der Waals surface area contributed by atoms with Crippen LogP contribution in [-0.2, 0) is 4.79 Å². The van der Waals surface area contributed by atoms with Crippen LogP contribution in [0.4, 0.5) is 5.69 Å². The maximum atomic E-state index is 13.5. The number of amides is 1. The number of aromatic nitrogens is 1. The number of carbonyl (C=O) groups is 1. The number of carbonyl (C=O) groups excluding carboxylic acids is 1. The van der Waals surface area contributed by atoms with Crippen molar-refractivity contribution in [3.05, 3.63) is 83.4 Å². The van der Waals surface area contributed by atoms with E-state index in [1.54, 1.807) is 21.3 Å². The maximum Gasteiger partial charge on any atom is 0.237 e. The van der Waals surface area contributed by atoms with Crippen LogP contribution in [0.1, 0.15) is 30.0 Å². The van der Waals surface area contributed by atoms with Gasteiger partial charge in [0.1, 0.15) is 11.1 Å². The van der Waals surface area contributed by atoms with Crippen molar-refractivity contribution in [1.29, 1.82) is 5.26 Å². The van der Waals surface area contributed by atoms with Crippen LogP contribution in [0.15, 0.2) is 71.8 Å². The smallest absolute Gasteiger partial charge is 0.237 e. The topological polar surface area (TPSA) is 93.5 Å². The SMILES string of the molecule is CCC(Sc1nc(-c2ccccc2)cc(-c2cc(OC)c(OC)c(OC)c2)c1C#N)C(=O)Nc1c(C)cccc1C. The molecule has 0 radical (unpaired) electrons. The van der Waals surface area contributed by atoms with Crippen molar-refractivity contribution in [1.82, 2.24) is 4.98 Å². The molecule has 1 heterocycles. The van der Waals surface area contributed by atoms with Gasteiger partial charge in [0.25, 0.3) is 0 Å². The molecule has 1 N–H and O–H groups in total. The lowest BCUT2D eigenvalue weighted by molar-refractivity contribution is -0.115. The number of nitrogens with zero attached hydrogens (tertiary/aromatic N) is 2. The molecule has 1 aromatic heterocycles. The van der Waals surface area contributed by atoms with Gasteiger partial charge in [-0.15, -0.1) is 0 Å². The molecule has 0 bridgehead atoms. The average molecular weight is 568 g/mol. The molecule has 0 aliphatic carbocycles. The predicted molar refractivity (Wildman–Crippen MR) is 164 cm³/mol. The molecule has 7 nitrogen and oxygen atoms in total. The molecule has 3 aromatic carbocycles. The van der Waals surface area contributed by atoms with Crippen LogP contribution in [0.5, 0.6) is 17.2 Å². The molecule has 0 aliphatic rings. The summed E-state index contributed by atoms with van der Waals surface area (Å²) in [5.74, 6) is 1.26. The summed E-state index contributed by atoms with van der Waals surface area (Å²) >= 11 is 1.29. The molecular weight excluding hydrogens is 534 g/mol.